The number of carbonyl (C=O) groups excluding carboxylic acids is 2. The second-order valence-electron chi connectivity index (χ2n) is 6.78. The van der Waals surface area contributed by atoms with Gasteiger partial charge in [-0.05, 0) is 24.6 Å². The van der Waals surface area contributed by atoms with Gasteiger partial charge in [0.15, 0.2) is 5.69 Å². The number of ether oxygens (including phenoxy) is 1. The predicted octanol–water partition coefficient (Wildman–Crippen LogP) is 3.76. The van der Waals surface area contributed by atoms with Crippen molar-refractivity contribution in [3.8, 4) is 0 Å². The number of aromatic nitrogens is 2. The summed E-state index contributed by atoms with van der Waals surface area (Å²) < 4.78 is 5.98. The van der Waals surface area contributed by atoms with Gasteiger partial charge in [0, 0.05) is 11.6 Å². The standard InChI is InChI=1S/C24H18N2O4/c1-16-9-5-6-12-18(16)24(28)30-15-20-22(23(27)17-10-3-2-4-11-17)26(29)21-14-8-7-13-19(21)25-20/h2-14H,15H2,1H3. The summed E-state index contributed by atoms with van der Waals surface area (Å²) in [4.78, 5) is 30.1. The van der Waals surface area contributed by atoms with Gasteiger partial charge in [0.05, 0.1) is 5.56 Å². The van der Waals surface area contributed by atoms with E-state index in [-0.39, 0.29) is 23.5 Å². The molecular formula is C24H18N2O4. The summed E-state index contributed by atoms with van der Waals surface area (Å²) in [6.45, 7) is 1.51. The van der Waals surface area contributed by atoms with E-state index in [2.05, 4.69) is 4.98 Å². The van der Waals surface area contributed by atoms with E-state index in [4.69, 9.17) is 4.74 Å². The van der Waals surface area contributed by atoms with Gasteiger partial charge in [0.1, 0.15) is 12.1 Å². The zero-order valence-corrected chi connectivity index (χ0v) is 16.2. The highest BCUT2D eigenvalue weighted by Gasteiger charge is 2.28. The van der Waals surface area contributed by atoms with E-state index in [9.17, 15) is 14.8 Å². The van der Waals surface area contributed by atoms with E-state index in [1.54, 1.807) is 79.7 Å². The normalized spacial score (nSPS) is 10.7. The van der Waals surface area contributed by atoms with Crippen molar-refractivity contribution in [1.29, 1.82) is 0 Å². The van der Waals surface area contributed by atoms with E-state index in [0.717, 1.165) is 5.56 Å². The van der Waals surface area contributed by atoms with Crippen molar-refractivity contribution >= 4 is 22.8 Å². The van der Waals surface area contributed by atoms with Gasteiger partial charge < -0.3 is 9.94 Å². The van der Waals surface area contributed by atoms with Crippen LogP contribution in [0, 0.1) is 12.1 Å². The first-order chi connectivity index (χ1) is 14.6. The van der Waals surface area contributed by atoms with Gasteiger partial charge in [-0.2, -0.15) is 4.73 Å². The molecule has 148 valence electrons. The average molecular weight is 398 g/mol. The number of hydrogen-bond acceptors (Lipinski definition) is 5. The number of benzene rings is 3. The molecule has 0 radical (unpaired) electrons. The number of ketones is 1. The van der Waals surface area contributed by atoms with Crippen LogP contribution < -0.4 is 4.73 Å². The number of fused-ring (bicyclic) bond motifs is 1. The highest BCUT2D eigenvalue weighted by Crippen LogP contribution is 2.17. The van der Waals surface area contributed by atoms with Crippen LogP contribution in [0.25, 0.3) is 11.0 Å². The van der Waals surface area contributed by atoms with E-state index < -0.39 is 11.8 Å². The molecule has 0 bridgehead atoms. The molecular weight excluding hydrogens is 380 g/mol. The molecule has 0 aliphatic heterocycles. The molecule has 0 N–H and O–H groups in total. The Balaban J connectivity index is 1.75. The minimum Gasteiger partial charge on any atom is -0.618 e. The summed E-state index contributed by atoms with van der Waals surface area (Å²) in [5.74, 6) is -1.02. The molecule has 0 aliphatic carbocycles. The number of nitrogens with zero attached hydrogens (tertiary/aromatic N) is 2. The third-order valence-corrected chi connectivity index (χ3v) is 4.79. The van der Waals surface area contributed by atoms with Crippen molar-refractivity contribution in [1.82, 2.24) is 4.98 Å². The Bertz CT molecular complexity index is 1250. The Labute approximate surface area is 173 Å². The maximum absolute atomic E-state index is 13.1. The van der Waals surface area contributed by atoms with Crippen LogP contribution in [-0.4, -0.2) is 16.7 Å². The first-order valence-electron chi connectivity index (χ1n) is 9.40. The molecule has 3 aromatic carbocycles. The van der Waals surface area contributed by atoms with Crippen LogP contribution in [0.1, 0.15) is 37.7 Å². The predicted molar refractivity (Wildman–Crippen MR) is 111 cm³/mol. The minimum atomic E-state index is -0.543. The van der Waals surface area contributed by atoms with Gasteiger partial charge >= 0.3 is 5.97 Å². The van der Waals surface area contributed by atoms with Gasteiger partial charge in [-0.3, -0.25) is 4.79 Å². The van der Waals surface area contributed by atoms with E-state index in [1.165, 1.54) is 0 Å². The fourth-order valence-corrected chi connectivity index (χ4v) is 3.23. The molecule has 30 heavy (non-hydrogen) atoms. The van der Waals surface area contributed by atoms with Crippen molar-refractivity contribution in [2.75, 3.05) is 0 Å². The molecule has 0 atom stereocenters. The molecule has 6 heteroatoms. The second kappa shape index (κ2) is 8.13. The monoisotopic (exact) mass is 398 g/mol. The van der Waals surface area contributed by atoms with Gasteiger partial charge in [-0.15, -0.1) is 0 Å². The molecule has 6 nitrogen and oxygen atoms in total. The Hall–Kier alpha value is -4.06. The number of rotatable bonds is 5. The first kappa shape index (κ1) is 19.3. The van der Waals surface area contributed by atoms with Crippen LogP contribution in [0.2, 0.25) is 0 Å². The molecule has 0 fully saturated rings. The molecule has 0 saturated carbocycles. The summed E-state index contributed by atoms with van der Waals surface area (Å²) in [5.41, 5.74) is 2.19. The van der Waals surface area contributed by atoms with E-state index in [1.807, 2.05) is 6.07 Å². The van der Waals surface area contributed by atoms with Crippen molar-refractivity contribution in [3.05, 3.63) is 112 Å². The third-order valence-electron chi connectivity index (χ3n) is 4.79. The molecule has 0 aliphatic rings. The summed E-state index contributed by atoms with van der Waals surface area (Å²) in [7, 11) is 0. The zero-order valence-electron chi connectivity index (χ0n) is 16.2. The summed E-state index contributed by atoms with van der Waals surface area (Å²) in [6, 6.07) is 22.2. The van der Waals surface area contributed by atoms with Crippen LogP contribution in [0.4, 0.5) is 0 Å². The van der Waals surface area contributed by atoms with Crippen LogP contribution in [-0.2, 0) is 11.3 Å². The van der Waals surface area contributed by atoms with Crippen LogP contribution in [0.15, 0.2) is 78.9 Å². The highest BCUT2D eigenvalue weighted by atomic mass is 16.5. The molecule has 4 rings (SSSR count). The average Bonchev–Trinajstić information content (AvgIpc) is 2.78. The smallest absolute Gasteiger partial charge is 0.338 e. The molecule has 1 heterocycles. The fourth-order valence-electron chi connectivity index (χ4n) is 3.23. The molecule has 0 saturated heterocycles. The number of carbonyl (C=O) groups is 2. The maximum Gasteiger partial charge on any atom is 0.338 e. The largest absolute Gasteiger partial charge is 0.618 e. The Morgan fingerprint density at radius 3 is 2.37 bits per heavy atom. The fraction of sp³-hybridized carbons (Fsp3) is 0.0833. The van der Waals surface area contributed by atoms with Gasteiger partial charge in [0.25, 0.3) is 11.5 Å². The zero-order chi connectivity index (χ0) is 21.1. The summed E-state index contributed by atoms with van der Waals surface area (Å²) in [6.07, 6.45) is 0. The lowest BCUT2D eigenvalue weighted by molar-refractivity contribution is -0.580. The van der Waals surface area contributed by atoms with Crippen LogP contribution >= 0.6 is 0 Å². The Morgan fingerprint density at radius 2 is 1.60 bits per heavy atom. The topological polar surface area (TPSA) is 83.2 Å². The number of para-hydroxylation sites is 2. The Kier molecular flexibility index (Phi) is 5.22. The van der Waals surface area contributed by atoms with Crippen molar-refractivity contribution in [3.63, 3.8) is 0 Å². The van der Waals surface area contributed by atoms with E-state index in [0.29, 0.717) is 21.4 Å². The lowest BCUT2D eigenvalue weighted by Gasteiger charge is -2.12. The lowest BCUT2D eigenvalue weighted by atomic mass is 10.1. The van der Waals surface area contributed by atoms with Gasteiger partial charge in [0.2, 0.25) is 5.52 Å². The van der Waals surface area contributed by atoms with Gasteiger partial charge in [-0.25, -0.2) is 9.78 Å². The SMILES string of the molecule is Cc1ccccc1C(=O)OCc1nc2ccccc2[n+]([O-])c1C(=O)c1ccccc1. The van der Waals surface area contributed by atoms with Crippen molar-refractivity contribution in [2.45, 2.75) is 13.5 Å². The van der Waals surface area contributed by atoms with E-state index >= 15 is 0 Å². The maximum atomic E-state index is 13.1. The summed E-state index contributed by atoms with van der Waals surface area (Å²) >= 11 is 0. The number of hydrogen-bond donors (Lipinski definition) is 0. The highest BCUT2D eigenvalue weighted by molar-refractivity contribution is 6.07. The number of aryl methyl sites for hydroxylation is 1. The first-order valence-corrected chi connectivity index (χ1v) is 9.40. The van der Waals surface area contributed by atoms with Crippen LogP contribution in [0.3, 0.4) is 0 Å². The van der Waals surface area contributed by atoms with Crippen LogP contribution in [0.5, 0.6) is 0 Å². The second-order valence-corrected chi connectivity index (χ2v) is 6.78. The molecule has 0 amide bonds. The van der Waals surface area contributed by atoms with Crippen molar-refractivity contribution < 1.29 is 19.1 Å². The quantitative estimate of drug-likeness (QED) is 0.221. The summed E-state index contributed by atoms with van der Waals surface area (Å²) in [5, 5.41) is 13.0. The lowest BCUT2D eigenvalue weighted by Crippen LogP contribution is -2.38. The molecule has 0 spiro atoms. The van der Waals surface area contributed by atoms with Crippen molar-refractivity contribution in [2.24, 2.45) is 0 Å². The molecule has 0 unspecified atom stereocenters. The van der Waals surface area contributed by atoms with Gasteiger partial charge in [-0.1, -0.05) is 60.7 Å². The molecule has 4 aromatic rings. The Morgan fingerprint density at radius 1 is 0.933 bits per heavy atom. The third kappa shape index (κ3) is 3.63. The minimum absolute atomic E-state index is 0.111. The molecule has 1 aromatic heterocycles. The number of esters is 1.